The lowest BCUT2D eigenvalue weighted by Gasteiger charge is -2.31. The highest BCUT2D eigenvalue weighted by molar-refractivity contribution is 7.92. The van der Waals surface area contributed by atoms with Crippen LogP contribution in [0, 0.1) is 19.8 Å². The highest BCUT2D eigenvalue weighted by Crippen LogP contribution is 2.36. The summed E-state index contributed by atoms with van der Waals surface area (Å²) in [6, 6.07) is 16.6. The minimum absolute atomic E-state index is 0.0869. The molecule has 3 aromatic carbocycles. The number of carbonyl (C=O) groups excluding carboxylic acids is 1. The molecule has 0 spiro atoms. The fraction of sp³-hybridized carbons (Fsp3) is 0.321. The first-order chi connectivity index (χ1) is 18.5. The number of benzene rings is 3. The SMILES string of the molecule is Cc1ccc(C)c(S(=O)(=O)N2CCC[C@H](C(=O)Nc3ccc4c(c3)N(S(=O)(=O)c3ccc(Cl)cc3)CC4)C2)c1. The maximum absolute atomic E-state index is 13.4. The topological polar surface area (TPSA) is 104 Å². The Morgan fingerprint density at radius 2 is 1.67 bits per heavy atom. The fourth-order valence-electron chi connectivity index (χ4n) is 5.15. The summed E-state index contributed by atoms with van der Waals surface area (Å²) in [7, 11) is -7.55. The largest absolute Gasteiger partial charge is 0.326 e. The van der Waals surface area contributed by atoms with E-state index >= 15 is 0 Å². The highest BCUT2D eigenvalue weighted by Gasteiger charge is 2.35. The normalized spacial score (nSPS) is 18.1. The molecule has 1 saturated heterocycles. The number of nitrogens with zero attached hydrogens (tertiary/aromatic N) is 2. The maximum atomic E-state index is 13.4. The summed E-state index contributed by atoms with van der Waals surface area (Å²) >= 11 is 5.93. The molecule has 3 aromatic rings. The molecule has 2 aliphatic rings. The number of anilines is 2. The molecular weight excluding hydrogens is 558 g/mol. The molecule has 0 bridgehead atoms. The van der Waals surface area contributed by atoms with E-state index in [-0.39, 0.29) is 22.2 Å². The second kappa shape index (κ2) is 10.6. The number of carbonyl (C=O) groups is 1. The summed E-state index contributed by atoms with van der Waals surface area (Å²) in [4.78, 5) is 13.7. The minimum atomic E-state index is -3.80. The van der Waals surface area contributed by atoms with Crippen molar-refractivity contribution in [3.63, 3.8) is 0 Å². The molecule has 1 fully saturated rings. The monoisotopic (exact) mass is 587 g/mol. The Bertz CT molecular complexity index is 1640. The second-order valence-corrected chi connectivity index (χ2v) is 14.3. The quantitative estimate of drug-likeness (QED) is 0.448. The Morgan fingerprint density at radius 3 is 2.41 bits per heavy atom. The average Bonchev–Trinajstić information content (AvgIpc) is 3.34. The first kappa shape index (κ1) is 27.6. The summed E-state index contributed by atoms with van der Waals surface area (Å²) in [5, 5.41) is 3.34. The number of halogens is 1. The molecule has 11 heteroatoms. The Morgan fingerprint density at radius 1 is 0.923 bits per heavy atom. The van der Waals surface area contributed by atoms with Crippen LogP contribution in [0.15, 0.2) is 70.5 Å². The molecule has 206 valence electrons. The molecule has 1 atom stereocenters. The van der Waals surface area contributed by atoms with E-state index in [1.807, 2.05) is 19.1 Å². The Labute approximate surface area is 234 Å². The van der Waals surface area contributed by atoms with Crippen LogP contribution in [0.3, 0.4) is 0 Å². The van der Waals surface area contributed by atoms with Gasteiger partial charge in [0.25, 0.3) is 10.0 Å². The standard InChI is InChI=1S/C28H30ClN3O5S2/c1-19-5-6-20(2)27(16-19)39(36,37)31-14-3-4-22(18-31)28(33)30-24-10-7-21-13-15-32(26(21)17-24)38(34,35)25-11-8-23(29)9-12-25/h5-12,16-17,22H,3-4,13-15,18H2,1-2H3,(H,30,33)/t22-/m0/s1. The van der Waals surface area contributed by atoms with Crippen LogP contribution in [-0.4, -0.2) is 46.7 Å². The van der Waals surface area contributed by atoms with Crippen molar-refractivity contribution in [3.8, 4) is 0 Å². The van der Waals surface area contributed by atoms with Crippen molar-refractivity contribution in [2.24, 2.45) is 5.92 Å². The van der Waals surface area contributed by atoms with Gasteiger partial charge in [-0.05, 0) is 92.3 Å². The molecule has 2 aliphatic heterocycles. The lowest BCUT2D eigenvalue weighted by molar-refractivity contribution is -0.120. The van der Waals surface area contributed by atoms with Gasteiger partial charge in [0.2, 0.25) is 15.9 Å². The van der Waals surface area contributed by atoms with Crippen molar-refractivity contribution >= 4 is 48.9 Å². The third kappa shape index (κ3) is 5.43. The molecule has 39 heavy (non-hydrogen) atoms. The summed E-state index contributed by atoms with van der Waals surface area (Å²) < 4.78 is 56.2. The van der Waals surface area contributed by atoms with Crippen LogP contribution in [0.5, 0.6) is 0 Å². The van der Waals surface area contributed by atoms with Crippen molar-refractivity contribution in [1.82, 2.24) is 4.31 Å². The molecule has 0 radical (unpaired) electrons. The van der Waals surface area contributed by atoms with E-state index in [9.17, 15) is 21.6 Å². The third-order valence-corrected chi connectivity index (χ3v) is 11.4. The van der Waals surface area contributed by atoms with Crippen LogP contribution in [0.2, 0.25) is 5.02 Å². The van der Waals surface area contributed by atoms with Gasteiger partial charge < -0.3 is 5.32 Å². The van der Waals surface area contributed by atoms with Crippen LogP contribution in [-0.2, 0) is 31.3 Å². The van der Waals surface area contributed by atoms with Crippen molar-refractivity contribution in [2.45, 2.75) is 42.9 Å². The second-order valence-electron chi connectivity index (χ2n) is 10.1. The lowest BCUT2D eigenvalue weighted by Crippen LogP contribution is -2.43. The van der Waals surface area contributed by atoms with E-state index in [1.54, 1.807) is 31.2 Å². The van der Waals surface area contributed by atoms with Crippen molar-refractivity contribution in [2.75, 3.05) is 29.3 Å². The van der Waals surface area contributed by atoms with Gasteiger partial charge in [0.1, 0.15) is 0 Å². The Kier molecular flexibility index (Phi) is 7.49. The number of rotatable bonds is 6. The third-order valence-electron chi connectivity index (χ3n) is 7.32. The van der Waals surface area contributed by atoms with E-state index < -0.39 is 26.0 Å². The van der Waals surface area contributed by atoms with Crippen molar-refractivity contribution < 1.29 is 21.6 Å². The number of aryl methyl sites for hydroxylation is 2. The maximum Gasteiger partial charge on any atom is 0.264 e. The van der Waals surface area contributed by atoms with Crippen LogP contribution in [0.25, 0.3) is 0 Å². The van der Waals surface area contributed by atoms with Gasteiger partial charge in [-0.3, -0.25) is 9.10 Å². The van der Waals surface area contributed by atoms with Crippen LogP contribution in [0.4, 0.5) is 11.4 Å². The minimum Gasteiger partial charge on any atom is -0.326 e. The van der Waals surface area contributed by atoms with Crippen molar-refractivity contribution in [3.05, 3.63) is 82.4 Å². The molecule has 0 aromatic heterocycles. The lowest BCUT2D eigenvalue weighted by atomic mass is 9.98. The molecule has 5 rings (SSSR count). The van der Waals surface area contributed by atoms with Gasteiger partial charge in [0, 0.05) is 30.3 Å². The molecule has 1 amide bonds. The van der Waals surface area contributed by atoms with Crippen LogP contribution >= 0.6 is 11.6 Å². The van der Waals surface area contributed by atoms with Crippen molar-refractivity contribution in [1.29, 1.82) is 0 Å². The smallest absolute Gasteiger partial charge is 0.264 e. The summed E-state index contributed by atoms with van der Waals surface area (Å²) in [6.45, 7) is 4.36. The zero-order chi connectivity index (χ0) is 27.9. The zero-order valence-corrected chi connectivity index (χ0v) is 24.1. The number of sulfonamides is 2. The number of hydrogen-bond acceptors (Lipinski definition) is 5. The van der Waals surface area contributed by atoms with E-state index in [1.165, 1.54) is 32.9 Å². The number of amides is 1. The van der Waals surface area contributed by atoms with E-state index in [2.05, 4.69) is 5.32 Å². The van der Waals surface area contributed by atoms with Gasteiger partial charge in [-0.15, -0.1) is 0 Å². The highest BCUT2D eigenvalue weighted by atomic mass is 35.5. The molecule has 1 N–H and O–H groups in total. The van der Waals surface area contributed by atoms with Gasteiger partial charge in [-0.1, -0.05) is 29.8 Å². The predicted octanol–water partition coefficient (Wildman–Crippen LogP) is 4.75. The molecular formula is C28H30ClN3O5S2. The van der Waals surface area contributed by atoms with Gasteiger partial charge in [-0.25, -0.2) is 16.8 Å². The van der Waals surface area contributed by atoms with E-state index in [0.29, 0.717) is 54.3 Å². The number of hydrogen-bond donors (Lipinski definition) is 1. The summed E-state index contributed by atoms with van der Waals surface area (Å²) in [5.41, 5.74) is 3.38. The van der Waals surface area contributed by atoms with E-state index in [0.717, 1.165) is 11.1 Å². The van der Waals surface area contributed by atoms with Gasteiger partial charge in [0.15, 0.2) is 0 Å². The first-order valence-corrected chi connectivity index (χ1v) is 16.0. The number of piperidine rings is 1. The van der Waals surface area contributed by atoms with Crippen LogP contribution in [0.1, 0.15) is 29.5 Å². The molecule has 0 saturated carbocycles. The molecule has 0 aliphatic carbocycles. The van der Waals surface area contributed by atoms with Gasteiger partial charge in [-0.2, -0.15) is 4.31 Å². The molecule has 0 unspecified atom stereocenters. The Hall–Kier alpha value is -2.92. The fourth-order valence-corrected chi connectivity index (χ4v) is 8.61. The number of fused-ring (bicyclic) bond motifs is 1. The van der Waals surface area contributed by atoms with E-state index in [4.69, 9.17) is 11.6 Å². The Balaban J connectivity index is 1.33. The van der Waals surface area contributed by atoms with Gasteiger partial charge >= 0.3 is 0 Å². The zero-order valence-electron chi connectivity index (χ0n) is 21.7. The summed E-state index contributed by atoms with van der Waals surface area (Å²) in [5.74, 6) is -0.818. The summed E-state index contributed by atoms with van der Waals surface area (Å²) in [6.07, 6.45) is 1.69. The van der Waals surface area contributed by atoms with Gasteiger partial charge in [0.05, 0.1) is 21.4 Å². The molecule has 2 heterocycles. The molecule has 8 nitrogen and oxygen atoms in total. The number of nitrogens with one attached hydrogen (secondary N) is 1. The average molecular weight is 588 g/mol. The first-order valence-electron chi connectivity index (χ1n) is 12.8. The predicted molar refractivity (Wildman–Crippen MR) is 152 cm³/mol. The van der Waals surface area contributed by atoms with Crippen LogP contribution < -0.4 is 9.62 Å².